The van der Waals surface area contributed by atoms with E-state index in [9.17, 15) is 4.79 Å². The van der Waals surface area contributed by atoms with Gasteiger partial charge < -0.3 is 0 Å². The van der Waals surface area contributed by atoms with Crippen LogP contribution in [-0.4, -0.2) is 11.1 Å². The maximum absolute atomic E-state index is 9.86. The fraction of sp³-hybridized carbons (Fsp3) is 0.250. The Morgan fingerprint density at radius 3 is 3.18 bits per heavy atom. The molecule has 0 aliphatic rings. The Bertz CT molecular complexity index is 290. The minimum Gasteiger partial charge on any atom is -0.261 e. The van der Waals surface area contributed by atoms with Crippen molar-refractivity contribution in [2.75, 3.05) is 0 Å². The highest BCUT2D eigenvalue weighted by Gasteiger charge is 1.91. The number of isocyanates is 1. The van der Waals surface area contributed by atoms with Crippen molar-refractivity contribution in [3.05, 3.63) is 24.0 Å². The normalized spacial score (nSPS) is 8.82. The third-order valence-corrected chi connectivity index (χ3v) is 1.34. The maximum atomic E-state index is 9.86. The molecule has 1 aromatic rings. The summed E-state index contributed by atoms with van der Waals surface area (Å²) < 4.78 is 0. The van der Waals surface area contributed by atoms with E-state index in [1.54, 1.807) is 18.3 Å². The predicted octanol–water partition coefficient (Wildman–Crippen LogP) is 1.61. The lowest BCUT2D eigenvalue weighted by Crippen LogP contribution is -1.83. The third-order valence-electron chi connectivity index (χ3n) is 1.34. The highest BCUT2D eigenvalue weighted by atomic mass is 16.1. The van der Waals surface area contributed by atoms with Crippen LogP contribution >= 0.6 is 0 Å². The zero-order chi connectivity index (χ0) is 8.10. The molecule has 0 bridgehead atoms. The zero-order valence-electron chi connectivity index (χ0n) is 6.24. The van der Waals surface area contributed by atoms with E-state index in [-0.39, 0.29) is 0 Å². The Balaban J connectivity index is 3.00. The number of aryl methyl sites for hydroxylation is 1. The van der Waals surface area contributed by atoms with Crippen LogP contribution in [-0.2, 0) is 11.2 Å². The van der Waals surface area contributed by atoms with Gasteiger partial charge in [0.25, 0.3) is 0 Å². The number of hydrogen-bond donors (Lipinski definition) is 0. The lowest BCUT2D eigenvalue weighted by Gasteiger charge is -1.93. The van der Waals surface area contributed by atoms with Crippen molar-refractivity contribution < 1.29 is 4.79 Å². The van der Waals surface area contributed by atoms with Crippen molar-refractivity contribution in [2.45, 2.75) is 13.3 Å². The van der Waals surface area contributed by atoms with Gasteiger partial charge in [-0.1, -0.05) is 6.92 Å². The molecule has 0 fully saturated rings. The molecule has 0 N–H and O–H groups in total. The number of nitrogens with zero attached hydrogens (tertiary/aromatic N) is 2. The SMILES string of the molecule is CCc1cc(N=C=O)ccn1. The summed E-state index contributed by atoms with van der Waals surface area (Å²) in [7, 11) is 0. The highest BCUT2D eigenvalue weighted by Crippen LogP contribution is 2.10. The number of rotatable bonds is 2. The molecule has 0 unspecified atom stereocenters. The smallest absolute Gasteiger partial charge is 0.240 e. The second-order valence-corrected chi connectivity index (χ2v) is 2.06. The first-order valence-corrected chi connectivity index (χ1v) is 3.39. The minimum atomic E-state index is 0.617. The highest BCUT2D eigenvalue weighted by molar-refractivity contribution is 5.48. The van der Waals surface area contributed by atoms with Crippen molar-refractivity contribution in [3.8, 4) is 0 Å². The summed E-state index contributed by atoms with van der Waals surface area (Å²) in [6, 6.07) is 3.44. The van der Waals surface area contributed by atoms with Gasteiger partial charge in [0, 0.05) is 11.9 Å². The van der Waals surface area contributed by atoms with Gasteiger partial charge in [0.05, 0.1) is 5.69 Å². The lowest BCUT2D eigenvalue weighted by molar-refractivity contribution is 0.565. The van der Waals surface area contributed by atoms with Gasteiger partial charge in [0.2, 0.25) is 6.08 Å². The van der Waals surface area contributed by atoms with Gasteiger partial charge in [0.15, 0.2) is 0 Å². The molecule has 56 valence electrons. The largest absolute Gasteiger partial charge is 0.261 e. The van der Waals surface area contributed by atoms with Crippen LogP contribution in [0, 0.1) is 0 Å². The molecular formula is C8H8N2O. The quantitative estimate of drug-likeness (QED) is 0.472. The van der Waals surface area contributed by atoms with E-state index in [2.05, 4.69) is 9.98 Å². The molecule has 1 heterocycles. The van der Waals surface area contributed by atoms with E-state index in [0.29, 0.717) is 5.69 Å². The number of carbonyl (C=O) groups excluding carboxylic acids is 1. The van der Waals surface area contributed by atoms with Gasteiger partial charge in [-0.15, -0.1) is 0 Å². The van der Waals surface area contributed by atoms with Crippen molar-refractivity contribution >= 4 is 11.8 Å². The summed E-state index contributed by atoms with van der Waals surface area (Å²) in [5.74, 6) is 0. The molecule has 0 saturated heterocycles. The van der Waals surface area contributed by atoms with Gasteiger partial charge >= 0.3 is 0 Å². The standard InChI is InChI=1S/C8H8N2O/c1-2-7-5-8(10-6-11)3-4-9-7/h3-5H,2H2,1H3. The summed E-state index contributed by atoms with van der Waals surface area (Å²) in [5.41, 5.74) is 1.55. The Morgan fingerprint density at radius 2 is 2.55 bits per heavy atom. The van der Waals surface area contributed by atoms with E-state index in [1.807, 2.05) is 6.92 Å². The third kappa shape index (κ3) is 1.99. The van der Waals surface area contributed by atoms with Crippen LogP contribution in [0.3, 0.4) is 0 Å². The fourth-order valence-electron chi connectivity index (χ4n) is 0.781. The van der Waals surface area contributed by atoms with Crippen LogP contribution in [0.2, 0.25) is 0 Å². The zero-order valence-corrected chi connectivity index (χ0v) is 6.24. The van der Waals surface area contributed by atoms with Crippen LogP contribution in [0.15, 0.2) is 23.3 Å². The van der Waals surface area contributed by atoms with E-state index < -0.39 is 0 Å². The molecule has 0 atom stereocenters. The molecule has 0 aliphatic heterocycles. The van der Waals surface area contributed by atoms with Gasteiger partial charge in [-0.05, 0) is 18.6 Å². The molecule has 1 aromatic heterocycles. The van der Waals surface area contributed by atoms with Gasteiger partial charge in [-0.3, -0.25) is 4.98 Å². The summed E-state index contributed by atoms with van der Waals surface area (Å²) in [6.07, 6.45) is 3.97. The minimum absolute atomic E-state index is 0.617. The van der Waals surface area contributed by atoms with E-state index >= 15 is 0 Å². The Kier molecular flexibility index (Phi) is 2.53. The second kappa shape index (κ2) is 3.64. The lowest BCUT2D eigenvalue weighted by atomic mass is 10.3. The van der Waals surface area contributed by atoms with Crippen LogP contribution < -0.4 is 0 Å². The molecule has 0 saturated carbocycles. The Morgan fingerprint density at radius 1 is 1.73 bits per heavy atom. The first-order valence-electron chi connectivity index (χ1n) is 3.39. The van der Waals surface area contributed by atoms with Crippen molar-refractivity contribution in [3.63, 3.8) is 0 Å². The molecule has 11 heavy (non-hydrogen) atoms. The number of pyridine rings is 1. The molecule has 0 spiro atoms. The summed E-state index contributed by atoms with van der Waals surface area (Å²) in [5, 5.41) is 0. The molecule has 1 rings (SSSR count). The van der Waals surface area contributed by atoms with Crippen LogP contribution in [0.5, 0.6) is 0 Å². The van der Waals surface area contributed by atoms with Gasteiger partial charge in [0.1, 0.15) is 0 Å². The van der Waals surface area contributed by atoms with Crippen LogP contribution in [0.25, 0.3) is 0 Å². The number of aliphatic imine (C=N–C) groups is 1. The fourth-order valence-corrected chi connectivity index (χ4v) is 0.781. The monoisotopic (exact) mass is 148 g/mol. The van der Waals surface area contributed by atoms with Gasteiger partial charge in [-0.25, -0.2) is 4.79 Å². The summed E-state index contributed by atoms with van der Waals surface area (Å²) in [4.78, 5) is 17.4. The van der Waals surface area contributed by atoms with Crippen molar-refractivity contribution in [1.29, 1.82) is 0 Å². The van der Waals surface area contributed by atoms with Crippen molar-refractivity contribution in [2.24, 2.45) is 4.99 Å². The summed E-state index contributed by atoms with van der Waals surface area (Å²) in [6.45, 7) is 2.00. The van der Waals surface area contributed by atoms with Crippen LogP contribution in [0.4, 0.5) is 5.69 Å². The number of hydrogen-bond acceptors (Lipinski definition) is 3. The van der Waals surface area contributed by atoms with Crippen LogP contribution in [0.1, 0.15) is 12.6 Å². The van der Waals surface area contributed by atoms with E-state index in [4.69, 9.17) is 0 Å². The molecule has 3 nitrogen and oxygen atoms in total. The first kappa shape index (κ1) is 7.63. The topological polar surface area (TPSA) is 42.3 Å². The average Bonchev–Trinajstić information content (AvgIpc) is 2.06. The van der Waals surface area contributed by atoms with Gasteiger partial charge in [-0.2, -0.15) is 4.99 Å². The first-order chi connectivity index (χ1) is 5.36. The second-order valence-electron chi connectivity index (χ2n) is 2.06. The average molecular weight is 148 g/mol. The molecule has 0 radical (unpaired) electrons. The molecule has 0 amide bonds. The summed E-state index contributed by atoms with van der Waals surface area (Å²) >= 11 is 0. The Hall–Kier alpha value is -1.47. The predicted molar refractivity (Wildman–Crippen MR) is 41.4 cm³/mol. The maximum Gasteiger partial charge on any atom is 0.240 e. The van der Waals surface area contributed by atoms with Crippen molar-refractivity contribution in [1.82, 2.24) is 4.98 Å². The molecule has 3 heteroatoms. The molecular weight excluding hydrogens is 140 g/mol. The molecule has 0 aromatic carbocycles. The van der Waals surface area contributed by atoms with E-state index in [0.717, 1.165) is 12.1 Å². The number of aromatic nitrogens is 1. The Labute approximate surface area is 64.8 Å². The van der Waals surface area contributed by atoms with E-state index in [1.165, 1.54) is 6.08 Å². The molecule has 0 aliphatic carbocycles.